The maximum Gasteiger partial charge on any atom is 0.416 e. The van der Waals surface area contributed by atoms with Crippen LogP contribution >= 0.6 is 0 Å². The molecule has 3 N–H and O–H groups in total. The highest BCUT2D eigenvalue weighted by atomic mass is 32.2. The highest BCUT2D eigenvalue weighted by molar-refractivity contribution is 7.92. The lowest BCUT2D eigenvalue weighted by molar-refractivity contribution is -0.205. The molecular formula is C99H99N13O14S. The van der Waals surface area contributed by atoms with Crippen molar-refractivity contribution in [3.8, 4) is 179 Å². The number of aromatic nitrogens is 6. The zero-order valence-electron chi connectivity index (χ0n) is 72.0. The number of ether oxygens (including phenoxy) is 4. The van der Waals surface area contributed by atoms with Gasteiger partial charge in [-0.15, -0.1) is 12.8 Å². The summed E-state index contributed by atoms with van der Waals surface area (Å²) in [5, 5.41) is 24.4. The molecule has 0 spiro atoms. The fourth-order valence-corrected chi connectivity index (χ4v) is 18.8. The monoisotopic (exact) mass is 1730 g/mol. The van der Waals surface area contributed by atoms with Crippen molar-refractivity contribution in [3.05, 3.63) is 88.7 Å². The predicted molar refractivity (Wildman–Crippen MR) is 474 cm³/mol. The number of fused-ring (bicyclic) bond motifs is 2. The number of rotatable bonds is 25. The number of H-pyrrole nitrogens is 2. The quantitative estimate of drug-likeness (QED) is 0.0122. The van der Waals surface area contributed by atoms with Gasteiger partial charge in [0.05, 0.1) is 57.5 Å². The first-order chi connectivity index (χ1) is 61.5. The van der Waals surface area contributed by atoms with Crippen LogP contribution in [-0.4, -0.2) is 116 Å². The Morgan fingerprint density at radius 1 is 0.551 bits per heavy atom. The van der Waals surface area contributed by atoms with Gasteiger partial charge in [-0.05, 0) is 169 Å². The van der Waals surface area contributed by atoms with E-state index in [1.807, 2.05) is 26.0 Å². The number of amides is 2. The van der Waals surface area contributed by atoms with Crippen molar-refractivity contribution >= 4 is 62.5 Å². The maximum atomic E-state index is 15.5. The molecule has 6 saturated carbocycles. The van der Waals surface area contributed by atoms with E-state index in [-0.39, 0.29) is 130 Å². The second-order valence-electron chi connectivity index (χ2n) is 32.8. The van der Waals surface area contributed by atoms with E-state index in [9.17, 15) is 22.8 Å². The van der Waals surface area contributed by atoms with E-state index >= 15 is 4.79 Å². The molecule has 0 bridgehead atoms. The Morgan fingerprint density at radius 3 is 1.44 bits per heavy atom. The van der Waals surface area contributed by atoms with Crippen LogP contribution in [0.25, 0.3) is 32.4 Å². The van der Waals surface area contributed by atoms with Crippen LogP contribution in [0.3, 0.4) is 0 Å². The zero-order chi connectivity index (χ0) is 90.6. The fraction of sp³-hybridized carbons (Fsp3) is 0.475. The Morgan fingerprint density at radius 2 is 0.984 bits per heavy atom. The van der Waals surface area contributed by atoms with Gasteiger partial charge >= 0.3 is 24.1 Å². The van der Waals surface area contributed by atoms with Crippen molar-refractivity contribution in [1.82, 2.24) is 39.0 Å². The van der Waals surface area contributed by atoms with E-state index in [1.54, 1.807) is 18.2 Å². The van der Waals surface area contributed by atoms with Crippen LogP contribution in [0, 0.1) is 238 Å². The van der Waals surface area contributed by atoms with Crippen LogP contribution in [0.5, 0.6) is 11.8 Å². The number of nitrogens with zero attached hydrogens (tertiary/aromatic N) is 10. The SMILES string of the molecule is [C-]#[N+]c1c(C(=O)OC2C(C)CC(C)CC2C)c2nc(-c3cccc(NS(C)(=O)=O)c3)[nH]n2c1OC(=O)N(CCC#N)CCC#N.[C-]#[N+]c1c(C(=O)OC2C(C3CCCCC3)CC(C3CCCCC3)CC2C2CCCCC2)c2nc(C3CCC(C)CC3)[nH]n2c1OC(=O)N(CC(=C)OOC#CC#CC#CC#CC#CC#C)CC(=C)OOC#CC#CC#CC#CC#CC#C. The second kappa shape index (κ2) is 47.8. The molecule has 5 aromatic rings. The molecule has 0 radical (unpaired) electrons. The van der Waals surface area contributed by atoms with Crippen molar-refractivity contribution in [3.63, 3.8) is 0 Å². The van der Waals surface area contributed by atoms with Gasteiger partial charge in [0.1, 0.15) is 29.2 Å². The Bertz CT molecular complexity index is 5830. The number of nitriles is 2. The minimum atomic E-state index is -3.57. The molecule has 2 amide bonds. The Hall–Kier alpha value is -14.7. The first-order valence-electron chi connectivity index (χ1n) is 42.7. The number of hydrogen-bond donors (Lipinski definition) is 3. The minimum Gasteiger partial charge on any atom is -0.459 e. The van der Waals surface area contributed by atoms with Gasteiger partial charge in [-0.25, -0.2) is 66.1 Å². The molecule has 6 aliphatic rings. The largest absolute Gasteiger partial charge is 0.459 e. The average Bonchev–Trinajstić information content (AvgIpc) is 1.60. The lowest BCUT2D eigenvalue weighted by atomic mass is 9.58. The summed E-state index contributed by atoms with van der Waals surface area (Å²) in [4.78, 5) is 97.1. The molecular weight excluding hydrogens is 1630 g/mol. The normalized spacial score (nSPS) is 20.4. The molecule has 1 aromatic carbocycles. The summed E-state index contributed by atoms with van der Waals surface area (Å²) in [6.45, 7) is 31.9. The number of aromatic amines is 2. The third kappa shape index (κ3) is 26.9. The third-order valence-corrected chi connectivity index (χ3v) is 24.4. The lowest BCUT2D eigenvalue weighted by Crippen LogP contribution is -2.48. The van der Waals surface area contributed by atoms with Crippen LogP contribution in [-0.2, 0) is 39.0 Å². The Labute approximate surface area is 744 Å². The standard InChI is InChI=1S/C69H65N5O8.C30H34N8O6S/c1-7-9-11-13-15-17-19-21-23-34-46-77-81-53(4)50-73(51-54(5)82-78-47-35-24-22-20-18-16-14-12-10-8-2)69(76)80-67-63(70-6)62(66-71-65(72-74(66)67)58-44-42-52(3)43-45-58)68(75)79-64-60(56-38-30-26-31-39-56)48-59(55-36-28-25-29-37-55)49-61(64)57-40-32-27-33-41-57;1-18-15-19(2)25(20(3)16-18)43-29(39)23-24(33-4)28(44-30(40)37(13-7-11-31)14-8-12-32)38-27(23)34-26(35-38)21-9-6-10-22(17-21)36-45(5,41)42/h1-2,52,55-61,64H,4-5,25-33,36-45,48-51H2,3H3,(H,71,72);6,9-10,17-20,25,36H,7-8,13-16H2,1-3,5H3,(H,34,35). The summed E-state index contributed by atoms with van der Waals surface area (Å²) in [6, 6.07) is 10.2. The molecule has 0 saturated heterocycles. The first kappa shape index (κ1) is 94.6. The van der Waals surface area contributed by atoms with Gasteiger partial charge < -0.3 is 23.8 Å². The lowest BCUT2D eigenvalue weighted by Gasteiger charge is -2.50. The zero-order valence-corrected chi connectivity index (χ0v) is 72.8. The van der Waals surface area contributed by atoms with Crippen molar-refractivity contribution in [2.75, 3.05) is 37.2 Å². The fourth-order valence-electron chi connectivity index (χ4n) is 18.3. The van der Waals surface area contributed by atoms with Crippen molar-refractivity contribution < 1.29 is 66.1 Å². The number of sulfonamides is 1. The number of carbonyl (C=O) groups is 4. The van der Waals surface area contributed by atoms with Gasteiger partial charge in [-0.1, -0.05) is 162 Å². The Balaban J connectivity index is 0.000000314. The molecule has 4 aromatic heterocycles. The minimum absolute atomic E-state index is 0.0141. The first-order valence-corrected chi connectivity index (χ1v) is 44.6. The number of anilines is 1. The number of carbonyl (C=O) groups excluding carboxylic acids is 4. The molecule has 28 heteroatoms. The van der Waals surface area contributed by atoms with Crippen LogP contribution in [0.2, 0.25) is 0 Å². The van der Waals surface area contributed by atoms with Gasteiger partial charge in [0, 0.05) is 89.5 Å². The smallest absolute Gasteiger partial charge is 0.416 e. The average molecular weight is 1730 g/mol. The number of benzene rings is 1. The maximum absolute atomic E-state index is 15.5. The molecule has 4 heterocycles. The molecule has 11 rings (SSSR count). The number of esters is 2. The summed E-state index contributed by atoms with van der Waals surface area (Å²) in [5.41, 5.74) is 0.0814. The van der Waals surface area contributed by atoms with Gasteiger partial charge in [0.25, 0.3) is 11.4 Å². The molecule has 127 heavy (non-hydrogen) atoms. The van der Waals surface area contributed by atoms with Gasteiger partial charge in [-0.3, -0.25) is 29.6 Å². The van der Waals surface area contributed by atoms with Gasteiger partial charge in [0.2, 0.25) is 21.8 Å². The second-order valence-corrected chi connectivity index (χ2v) is 34.5. The van der Waals surface area contributed by atoms with Crippen LogP contribution < -0.4 is 14.2 Å². The van der Waals surface area contributed by atoms with E-state index in [0.29, 0.717) is 46.9 Å². The molecule has 6 aliphatic carbocycles. The summed E-state index contributed by atoms with van der Waals surface area (Å²) >= 11 is 0. The van der Waals surface area contributed by atoms with Crippen LogP contribution in [0.4, 0.5) is 26.7 Å². The third-order valence-electron chi connectivity index (χ3n) is 23.7. The molecule has 0 aliphatic heterocycles. The van der Waals surface area contributed by atoms with E-state index in [0.717, 1.165) is 88.2 Å². The van der Waals surface area contributed by atoms with Crippen molar-refractivity contribution in [2.24, 2.45) is 59.2 Å². The molecule has 27 nitrogen and oxygen atoms in total. The van der Waals surface area contributed by atoms with Crippen LogP contribution in [0.15, 0.2) is 48.9 Å². The predicted octanol–water partition coefficient (Wildman–Crippen LogP) is 16.5. The van der Waals surface area contributed by atoms with E-state index < -0.39 is 53.3 Å². The summed E-state index contributed by atoms with van der Waals surface area (Å²) in [6.07, 6.45) is 38.7. The number of terminal acetylenes is 2. The molecule has 650 valence electrons. The molecule has 4 unspecified atom stereocenters. The van der Waals surface area contributed by atoms with E-state index in [4.69, 9.17) is 80.0 Å². The number of hydrogen-bond acceptors (Lipinski definition) is 18. The highest BCUT2D eigenvalue weighted by Crippen LogP contribution is 2.53. The topological polar surface area (TPSA) is 317 Å². The summed E-state index contributed by atoms with van der Waals surface area (Å²) in [7, 11) is -3.57. The molecule has 4 atom stereocenters. The Kier molecular flexibility index (Phi) is 35.6. The highest BCUT2D eigenvalue weighted by Gasteiger charge is 2.49. The van der Waals surface area contributed by atoms with Gasteiger partial charge in [-0.2, -0.15) is 10.5 Å². The van der Waals surface area contributed by atoms with E-state index in [1.165, 1.54) is 90.6 Å². The molecule has 6 fully saturated rings. The van der Waals surface area contributed by atoms with Crippen molar-refractivity contribution in [2.45, 2.75) is 206 Å². The van der Waals surface area contributed by atoms with E-state index in [2.05, 4.69) is 187 Å². The summed E-state index contributed by atoms with van der Waals surface area (Å²) in [5.74, 6) is 50.8. The summed E-state index contributed by atoms with van der Waals surface area (Å²) < 4.78 is 53.6. The van der Waals surface area contributed by atoms with Crippen LogP contribution in [0.1, 0.15) is 221 Å². The number of nitrogens with one attached hydrogen (secondary N) is 3. The van der Waals surface area contributed by atoms with Crippen molar-refractivity contribution in [1.29, 1.82) is 10.5 Å². The van der Waals surface area contributed by atoms with Gasteiger partial charge in [0.15, 0.2) is 40.9 Å².